The summed E-state index contributed by atoms with van der Waals surface area (Å²) in [6.45, 7) is 3.58. The summed E-state index contributed by atoms with van der Waals surface area (Å²) in [5.74, 6) is 0.00242. The van der Waals surface area contributed by atoms with Crippen molar-refractivity contribution >= 4 is 63.0 Å². The number of hydrogen-bond acceptors (Lipinski definition) is 5. The number of halogens is 4. The second-order valence-corrected chi connectivity index (χ2v) is 9.25. The Labute approximate surface area is 198 Å². The predicted octanol–water partition coefficient (Wildman–Crippen LogP) is 6.89. The van der Waals surface area contributed by atoms with Gasteiger partial charge in [-0.2, -0.15) is 4.39 Å². The largest absolute Gasteiger partial charge is 0.489 e. The molecule has 10 heteroatoms. The summed E-state index contributed by atoms with van der Waals surface area (Å²) in [4.78, 5) is 7.85. The molecule has 0 radical (unpaired) electrons. The number of aromatic nitrogens is 2. The number of hydrogen-bond donors (Lipinski definition) is 2. The quantitative estimate of drug-likeness (QED) is 0.139. The second-order valence-electron chi connectivity index (χ2n) is 6.41. The molecule has 30 heavy (non-hydrogen) atoms. The number of rotatable bonds is 7. The van der Waals surface area contributed by atoms with Gasteiger partial charge in [-0.05, 0) is 60.2 Å². The minimum atomic E-state index is -0.544. The standard InChI is InChI=1S/C20H17Cl2FIN4OP/c1-10-5-12(7-27-20(10)23)19(25)14-6-13(3-4-17(14)28-30-24)29-9-15-16(21)8-26-11(2)18(15)22/h3-8,25,28,30H,9H2,1-2H3. The third kappa shape index (κ3) is 5.19. The first-order valence-corrected chi connectivity index (χ1v) is 13.6. The number of nitrogens with one attached hydrogen (secondary N) is 2. The van der Waals surface area contributed by atoms with Crippen LogP contribution in [0.25, 0.3) is 0 Å². The third-order valence-corrected chi connectivity index (χ3v) is 6.37. The van der Waals surface area contributed by atoms with E-state index in [1.165, 1.54) is 6.20 Å². The normalized spacial score (nSPS) is 11.1. The molecule has 0 saturated heterocycles. The molecular weight excluding hydrogens is 560 g/mol. The molecule has 0 aliphatic rings. The maximum Gasteiger partial charge on any atom is 0.215 e. The van der Waals surface area contributed by atoms with E-state index in [0.717, 1.165) is 5.69 Å². The fourth-order valence-electron chi connectivity index (χ4n) is 2.73. The van der Waals surface area contributed by atoms with Crippen molar-refractivity contribution < 1.29 is 9.13 Å². The van der Waals surface area contributed by atoms with Crippen molar-refractivity contribution in [2.75, 3.05) is 5.09 Å². The summed E-state index contributed by atoms with van der Waals surface area (Å²) in [7, 11) is 0. The topological polar surface area (TPSA) is 70.9 Å². The Morgan fingerprint density at radius 3 is 2.70 bits per heavy atom. The molecule has 3 aromatic rings. The Balaban J connectivity index is 1.92. The van der Waals surface area contributed by atoms with Gasteiger partial charge in [0.2, 0.25) is 5.95 Å². The zero-order chi connectivity index (χ0) is 21.8. The van der Waals surface area contributed by atoms with E-state index in [1.807, 2.05) is 6.07 Å². The summed E-state index contributed by atoms with van der Waals surface area (Å²) in [6.07, 6.45) is 3.31. The highest BCUT2D eigenvalue weighted by molar-refractivity contribution is 14.2. The van der Waals surface area contributed by atoms with E-state index in [9.17, 15) is 4.39 Å². The molecule has 1 unspecified atom stereocenters. The second kappa shape index (κ2) is 10.2. The van der Waals surface area contributed by atoms with Gasteiger partial charge < -0.3 is 9.82 Å². The molecule has 2 N–H and O–H groups in total. The lowest BCUT2D eigenvalue weighted by molar-refractivity contribution is 0.306. The first kappa shape index (κ1) is 23.1. The van der Waals surface area contributed by atoms with Crippen LogP contribution < -0.4 is 9.82 Å². The fourth-order valence-corrected chi connectivity index (χ4v) is 4.37. The number of pyridine rings is 2. The number of anilines is 1. The molecule has 3 rings (SSSR count). The lowest BCUT2D eigenvalue weighted by Crippen LogP contribution is -2.07. The predicted molar refractivity (Wildman–Crippen MR) is 131 cm³/mol. The number of ether oxygens (including phenoxy) is 1. The van der Waals surface area contributed by atoms with Gasteiger partial charge in [-0.1, -0.05) is 23.2 Å². The molecule has 0 amide bonds. The van der Waals surface area contributed by atoms with Gasteiger partial charge in [0.15, 0.2) is 0 Å². The third-order valence-electron chi connectivity index (χ3n) is 4.37. The van der Waals surface area contributed by atoms with Crippen molar-refractivity contribution in [1.29, 1.82) is 5.41 Å². The van der Waals surface area contributed by atoms with Crippen molar-refractivity contribution in [3.05, 3.63) is 80.6 Å². The van der Waals surface area contributed by atoms with Crippen molar-refractivity contribution in [2.24, 2.45) is 0 Å². The van der Waals surface area contributed by atoms with Gasteiger partial charge in [0.05, 0.1) is 21.5 Å². The van der Waals surface area contributed by atoms with Crippen LogP contribution in [0.2, 0.25) is 10.0 Å². The molecule has 0 saturated carbocycles. The van der Waals surface area contributed by atoms with Crippen LogP contribution in [-0.4, -0.2) is 15.7 Å². The van der Waals surface area contributed by atoms with E-state index < -0.39 is 5.95 Å². The van der Waals surface area contributed by atoms with Gasteiger partial charge in [0.1, 0.15) is 12.4 Å². The maximum absolute atomic E-state index is 13.5. The van der Waals surface area contributed by atoms with Gasteiger partial charge in [-0.3, -0.25) is 10.4 Å². The molecular formula is C20H17Cl2FIN4OP. The van der Waals surface area contributed by atoms with Crippen LogP contribution in [0.15, 0.2) is 36.7 Å². The first-order chi connectivity index (χ1) is 14.3. The van der Waals surface area contributed by atoms with Crippen molar-refractivity contribution in [2.45, 2.75) is 20.5 Å². The van der Waals surface area contributed by atoms with E-state index in [0.29, 0.717) is 50.1 Å². The molecule has 2 aromatic heterocycles. The highest BCUT2D eigenvalue weighted by Crippen LogP contribution is 2.32. The summed E-state index contributed by atoms with van der Waals surface area (Å²) in [5, 5.41) is 12.8. The highest BCUT2D eigenvalue weighted by Gasteiger charge is 2.15. The van der Waals surface area contributed by atoms with Crippen LogP contribution in [0, 0.1) is 25.2 Å². The van der Waals surface area contributed by atoms with Crippen LogP contribution >= 0.6 is 51.6 Å². The summed E-state index contributed by atoms with van der Waals surface area (Å²) in [6, 6.07) is 7.01. The van der Waals surface area contributed by atoms with Gasteiger partial charge in [-0.25, -0.2) is 4.98 Å². The van der Waals surface area contributed by atoms with Gasteiger partial charge >= 0.3 is 0 Å². The smallest absolute Gasteiger partial charge is 0.215 e. The van der Waals surface area contributed by atoms with Crippen molar-refractivity contribution in [3.8, 4) is 5.75 Å². The SMILES string of the molecule is Cc1cc(C(=N)c2cc(OCc3c(Cl)cnc(C)c3Cl)ccc2NPI)cnc1F. The van der Waals surface area contributed by atoms with E-state index in [2.05, 4.69) is 37.1 Å². The molecule has 1 atom stereocenters. The number of aryl methyl sites for hydroxylation is 2. The molecule has 156 valence electrons. The van der Waals surface area contributed by atoms with Crippen molar-refractivity contribution in [3.63, 3.8) is 0 Å². The minimum Gasteiger partial charge on any atom is -0.489 e. The highest BCUT2D eigenvalue weighted by atomic mass is 127. The molecule has 2 heterocycles. The maximum atomic E-state index is 13.5. The van der Waals surface area contributed by atoms with Gasteiger partial charge in [-0.15, -0.1) is 0 Å². The molecule has 0 aliphatic carbocycles. The lowest BCUT2D eigenvalue weighted by Gasteiger charge is -2.15. The van der Waals surface area contributed by atoms with E-state index >= 15 is 0 Å². The summed E-state index contributed by atoms with van der Waals surface area (Å²) < 4.78 is 19.5. The summed E-state index contributed by atoms with van der Waals surface area (Å²) in [5.41, 5.74) is 3.82. The summed E-state index contributed by atoms with van der Waals surface area (Å²) >= 11 is 14.7. The van der Waals surface area contributed by atoms with Crippen LogP contribution in [0.5, 0.6) is 5.75 Å². The molecule has 0 fully saturated rings. The van der Waals surface area contributed by atoms with E-state index in [4.69, 9.17) is 33.3 Å². The molecule has 1 aromatic carbocycles. The van der Waals surface area contributed by atoms with Crippen LogP contribution in [0.4, 0.5) is 10.1 Å². The molecule has 0 spiro atoms. The zero-order valence-corrected chi connectivity index (χ0v) is 20.7. The molecule has 0 aliphatic heterocycles. The van der Waals surface area contributed by atoms with Crippen LogP contribution in [0.3, 0.4) is 0 Å². The van der Waals surface area contributed by atoms with E-state index in [-0.39, 0.29) is 12.3 Å². The Morgan fingerprint density at radius 1 is 1.23 bits per heavy atom. The van der Waals surface area contributed by atoms with Crippen LogP contribution in [0.1, 0.15) is 27.9 Å². The Kier molecular flexibility index (Phi) is 7.85. The average Bonchev–Trinajstić information content (AvgIpc) is 2.73. The lowest BCUT2D eigenvalue weighted by atomic mass is 10.0. The van der Waals surface area contributed by atoms with Crippen LogP contribution in [-0.2, 0) is 6.61 Å². The number of benzene rings is 1. The zero-order valence-electron chi connectivity index (χ0n) is 16.0. The average molecular weight is 577 g/mol. The Hall–Kier alpha value is -1.54. The van der Waals surface area contributed by atoms with Crippen molar-refractivity contribution in [1.82, 2.24) is 9.97 Å². The Morgan fingerprint density at radius 2 is 2.00 bits per heavy atom. The number of nitrogens with zero attached hydrogens (tertiary/aromatic N) is 2. The first-order valence-electron chi connectivity index (χ1n) is 8.71. The van der Waals surface area contributed by atoms with E-state index in [1.54, 1.807) is 38.2 Å². The van der Waals surface area contributed by atoms with Gasteiger partial charge in [0.25, 0.3) is 0 Å². The minimum absolute atomic E-state index is 0.159. The monoisotopic (exact) mass is 576 g/mol. The fraction of sp³-hybridized carbons (Fsp3) is 0.150. The molecule has 5 nitrogen and oxygen atoms in total. The van der Waals surface area contributed by atoms with Gasteiger partial charge in [0, 0.05) is 46.7 Å². The molecule has 0 bridgehead atoms. The Bertz CT molecular complexity index is 1120.